The summed E-state index contributed by atoms with van der Waals surface area (Å²) >= 11 is 0. The molecule has 29 heavy (non-hydrogen) atoms. The van der Waals surface area contributed by atoms with E-state index in [1.165, 1.54) is 0 Å². The molecular weight excluding hydrogens is 366 g/mol. The lowest BCUT2D eigenvalue weighted by molar-refractivity contribution is -0.713. The van der Waals surface area contributed by atoms with Gasteiger partial charge in [0.15, 0.2) is 6.04 Å². The van der Waals surface area contributed by atoms with Crippen molar-refractivity contribution in [1.29, 1.82) is 0 Å². The van der Waals surface area contributed by atoms with Gasteiger partial charge in [0.2, 0.25) is 5.91 Å². The summed E-state index contributed by atoms with van der Waals surface area (Å²) in [4.78, 5) is 24.7. The average molecular weight is 399 g/mol. The maximum absolute atomic E-state index is 12.5. The van der Waals surface area contributed by atoms with Crippen molar-refractivity contribution in [2.24, 2.45) is 0 Å². The van der Waals surface area contributed by atoms with Gasteiger partial charge in [-0.3, -0.25) is 9.59 Å². The molecule has 4 N–H and O–H groups in total. The van der Waals surface area contributed by atoms with Gasteiger partial charge in [-0.1, -0.05) is 25.1 Å². The highest BCUT2D eigenvalue weighted by Gasteiger charge is 2.22. The molecule has 0 spiro atoms. The third kappa shape index (κ3) is 6.32. The molecule has 156 valence electrons. The van der Waals surface area contributed by atoms with Crippen LogP contribution in [0.5, 0.6) is 5.75 Å². The van der Waals surface area contributed by atoms with Crippen LogP contribution < -0.4 is 20.7 Å². The lowest BCUT2D eigenvalue weighted by Crippen LogP contribution is -2.92. The van der Waals surface area contributed by atoms with E-state index in [1.807, 2.05) is 68.6 Å². The minimum absolute atomic E-state index is 0.0515. The molecule has 0 radical (unpaired) electrons. The predicted octanol–water partition coefficient (Wildman–Crippen LogP) is 2.47. The third-order valence-electron chi connectivity index (χ3n) is 5.09. The number of nitrogens with one attached hydrogen (secondary N) is 2. The van der Waals surface area contributed by atoms with Crippen molar-refractivity contribution in [3.63, 3.8) is 0 Å². The van der Waals surface area contributed by atoms with E-state index in [-0.39, 0.29) is 30.4 Å². The molecule has 6 nitrogen and oxygen atoms in total. The fraction of sp³-hybridized carbons (Fsp3) is 0.391. The second-order valence-electron chi connectivity index (χ2n) is 7.30. The number of nitrogens with two attached hydrogens (primary N) is 1. The van der Waals surface area contributed by atoms with Crippen molar-refractivity contribution in [2.45, 2.75) is 46.2 Å². The second-order valence-corrected chi connectivity index (χ2v) is 7.30. The molecule has 2 aromatic carbocycles. The van der Waals surface area contributed by atoms with Crippen molar-refractivity contribution < 1.29 is 19.6 Å². The zero-order valence-corrected chi connectivity index (χ0v) is 17.9. The number of methoxy groups -OCH3 is 1. The van der Waals surface area contributed by atoms with Crippen molar-refractivity contribution >= 4 is 17.5 Å². The number of para-hydroxylation sites is 1. The zero-order valence-electron chi connectivity index (χ0n) is 17.9. The Morgan fingerprint density at radius 1 is 1.07 bits per heavy atom. The molecule has 2 rings (SSSR count). The molecule has 0 aliphatic rings. The maximum atomic E-state index is 12.5. The van der Waals surface area contributed by atoms with Gasteiger partial charge in [-0.25, -0.2) is 0 Å². The minimum Gasteiger partial charge on any atom is -0.497 e. The number of aryl methyl sites for hydroxylation is 2. The Hall–Kier alpha value is -2.86. The van der Waals surface area contributed by atoms with Crippen molar-refractivity contribution in [1.82, 2.24) is 5.32 Å². The van der Waals surface area contributed by atoms with E-state index in [1.54, 1.807) is 7.11 Å². The number of hydrogen-bond donors (Lipinski definition) is 3. The number of ether oxygens (including phenoxy) is 1. The Labute approximate surface area is 173 Å². The minimum atomic E-state index is -0.310. The van der Waals surface area contributed by atoms with E-state index in [0.29, 0.717) is 0 Å². The Morgan fingerprint density at radius 3 is 2.24 bits per heavy atom. The van der Waals surface area contributed by atoms with Gasteiger partial charge in [-0.15, -0.1) is 0 Å². The number of hydrogen-bond acceptors (Lipinski definition) is 3. The number of quaternary nitrogens is 1. The summed E-state index contributed by atoms with van der Waals surface area (Å²) in [5.74, 6) is 0.419. The van der Waals surface area contributed by atoms with Crippen LogP contribution in [0.4, 0.5) is 5.69 Å². The monoisotopic (exact) mass is 398 g/mol. The Balaban J connectivity index is 1.88. The first-order chi connectivity index (χ1) is 13.8. The van der Waals surface area contributed by atoms with Gasteiger partial charge in [0.05, 0.1) is 13.7 Å². The molecule has 0 saturated carbocycles. The van der Waals surface area contributed by atoms with Crippen LogP contribution in [-0.4, -0.2) is 31.5 Å². The lowest BCUT2D eigenvalue weighted by atomic mass is 10.0. The smallest absolute Gasteiger partial charge is 0.278 e. The van der Waals surface area contributed by atoms with E-state index in [9.17, 15) is 9.59 Å². The summed E-state index contributed by atoms with van der Waals surface area (Å²) in [5.41, 5.74) is 3.94. The van der Waals surface area contributed by atoms with Crippen LogP contribution in [0.25, 0.3) is 0 Å². The average Bonchev–Trinajstić information content (AvgIpc) is 2.72. The number of amides is 2. The quantitative estimate of drug-likeness (QED) is 0.607. The number of rotatable bonds is 9. The zero-order chi connectivity index (χ0) is 21.4. The van der Waals surface area contributed by atoms with E-state index >= 15 is 0 Å². The van der Waals surface area contributed by atoms with E-state index in [2.05, 4.69) is 17.6 Å². The summed E-state index contributed by atoms with van der Waals surface area (Å²) in [7, 11) is 1.64. The normalized spacial score (nSPS) is 12.7. The molecule has 2 aromatic rings. The summed E-state index contributed by atoms with van der Waals surface area (Å²) in [6.07, 6.45) is 0.886. The van der Waals surface area contributed by atoms with E-state index in [0.717, 1.165) is 34.5 Å². The Morgan fingerprint density at radius 2 is 1.69 bits per heavy atom. The molecule has 0 aliphatic heterocycles. The van der Waals surface area contributed by atoms with Gasteiger partial charge in [0, 0.05) is 17.7 Å². The molecule has 0 fully saturated rings. The molecule has 2 atom stereocenters. The van der Waals surface area contributed by atoms with Crippen LogP contribution in [0, 0.1) is 13.8 Å². The molecule has 0 heterocycles. The summed E-state index contributed by atoms with van der Waals surface area (Å²) in [6, 6.07) is 13.6. The molecule has 0 bridgehead atoms. The number of benzene rings is 2. The van der Waals surface area contributed by atoms with Crippen LogP contribution in [0.3, 0.4) is 0 Å². The van der Waals surface area contributed by atoms with Crippen molar-refractivity contribution in [3.8, 4) is 5.75 Å². The van der Waals surface area contributed by atoms with Gasteiger partial charge in [0.1, 0.15) is 11.8 Å². The first kappa shape index (κ1) is 22.4. The van der Waals surface area contributed by atoms with Crippen molar-refractivity contribution in [3.05, 3.63) is 59.2 Å². The highest BCUT2D eigenvalue weighted by Crippen LogP contribution is 2.19. The van der Waals surface area contributed by atoms with Gasteiger partial charge >= 0.3 is 0 Å². The van der Waals surface area contributed by atoms with E-state index in [4.69, 9.17) is 4.74 Å². The lowest BCUT2D eigenvalue weighted by Gasteiger charge is -2.19. The van der Waals surface area contributed by atoms with Crippen LogP contribution >= 0.6 is 0 Å². The van der Waals surface area contributed by atoms with Gasteiger partial charge < -0.3 is 20.7 Å². The maximum Gasteiger partial charge on any atom is 0.278 e. The molecule has 2 amide bonds. The first-order valence-corrected chi connectivity index (χ1v) is 9.98. The SMILES string of the molecule is CC[C@H]([NH2+][C@H](C)C(=O)NCC(=O)Nc1c(C)cccc1C)c1ccc(OC)cc1. The fourth-order valence-corrected chi connectivity index (χ4v) is 3.29. The Kier molecular flexibility index (Phi) is 8.21. The van der Waals surface area contributed by atoms with Crippen LogP contribution in [0.1, 0.15) is 43.0 Å². The summed E-state index contributed by atoms with van der Waals surface area (Å²) in [5, 5.41) is 7.65. The number of anilines is 1. The van der Waals surface area contributed by atoms with Gasteiger partial charge in [-0.05, 0) is 56.2 Å². The summed E-state index contributed by atoms with van der Waals surface area (Å²) < 4.78 is 5.20. The van der Waals surface area contributed by atoms with E-state index < -0.39 is 0 Å². The summed E-state index contributed by atoms with van der Waals surface area (Å²) in [6.45, 7) is 7.79. The molecule has 0 aliphatic carbocycles. The second kappa shape index (κ2) is 10.6. The standard InChI is InChI=1S/C23H31N3O3/c1-6-20(18-10-12-19(29-5)13-11-18)25-17(4)23(28)24-14-21(27)26-22-15(2)8-7-9-16(22)3/h7-13,17,20,25H,6,14H2,1-5H3,(H,24,28)(H,26,27)/p+1/t17-,20+/m1/s1. The van der Waals surface area contributed by atoms with Crippen molar-refractivity contribution in [2.75, 3.05) is 19.0 Å². The van der Waals surface area contributed by atoms with Crippen LogP contribution in [0.2, 0.25) is 0 Å². The first-order valence-electron chi connectivity index (χ1n) is 9.98. The molecule has 0 saturated heterocycles. The largest absolute Gasteiger partial charge is 0.497 e. The molecule has 0 aromatic heterocycles. The van der Waals surface area contributed by atoms with Crippen LogP contribution in [0.15, 0.2) is 42.5 Å². The van der Waals surface area contributed by atoms with Gasteiger partial charge in [0.25, 0.3) is 5.91 Å². The molecular formula is C23H32N3O3+. The highest BCUT2D eigenvalue weighted by atomic mass is 16.5. The topological polar surface area (TPSA) is 84.0 Å². The third-order valence-corrected chi connectivity index (χ3v) is 5.09. The number of carbonyl (C=O) groups is 2. The molecule has 0 unspecified atom stereocenters. The Bertz CT molecular complexity index is 814. The highest BCUT2D eigenvalue weighted by molar-refractivity contribution is 5.96. The van der Waals surface area contributed by atoms with Gasteiger partial charge in [-0.2, -0.15) is 0 Å². The predicted molar refractivity (Wildman–Crippen MR) is 115 cm³/mol. The number of carbonyl (C=O) groups excluding carboxylic acids is 2. The fourth-order valence-electron chi connectivity index (χ4n) is 3.29. The van der Waals surface area contributed by atoms with Crippen LogP contribution in [-0.2, 0) is 9.59 Å². The molecule has 6 heteroatoms.